The highest BCUT2D eigenvalue weighted by molar-refractivity contribution is 7.99. The lowest BCUT2D eigenvalue weighted by molar-refractivity contribution is -0.119. The Morgan fingerprint density at radius 2 is 2.17 bits per heavy atom. The molecule has 1 heterocycles. The predicted molar refractivity (Wildman–Crippen MR) is 92.5 cm³/mol. The number of hydrogen-bond acceptors (Lipinski definition) is 4. The molecule has 1 N–H and O–H groups in total. The smallest absolute Gasteiger partial charge is 0.230 e. The van der Waals surface area contributed by atoms with Crippen molar-refractivity contribution in [2.75, 3.05) is 5.75 Å². The summed E-state index contributed by atoms with van der Waals surface area (Å²) in [6.07, 6.45) is 2.44. The van der Waals surface area contributed by atoms with Crippen LogP contribution in [0.25, 0.3) is 11.4 Å². The van der Waals surface area contributed by atoms with Gasteiger partial charge in [-0.3, -0.25) is 4.79 Å². The second-order valence-corrected chi connectivity index (χ2v) is 7.18. The number of carbonyl (C=O) groups excluding carboxylic acids is 1. The first-order valence-corrected chi connectivity index (χ1v) is 8.99. The van der Waals surface area contributed by atoms with Gasteiger partial charge in [-0.15, -0.1) is 10.2 Å². The lowest BCUT2D eigenvalue weighted by Gasteiger charge is -2.12. The molecule has 3 rings (SSSR count). The molecule has 0 spiro atoms. The molecular formula is C16H19ClN4OS. The first kappa shape index (κ1) is 16.3. The van der Waals surface area contributed by atoms with Gasteiger partial charge in [-0.05, 0) is 37.8 Å². The molecule has 1 aromatic carbocycles. The fraction of sp³-hybridized carbons (Fsp3) is 0.438. The molecule has 2 aromatic rings. The Morgan fingerprint density at radius 3 is 2.87 bits per heavy atom. The standard InChI is InChI=1S/C16H19ClN4OS/c1-10(11-7-8-11)18-14(22)9-23-16-20-19-15(21(16)2)12-5-3-4-6-13(12)17/h3-6,10-11H,7-9H2,1-2H3,(H,18,22)/t10-/m1/s1. The fourth-order valence-electron chi connectivity index (χ4n) is 2.46. The van der Waals surface area contributed by atoms with E-state index in [1.165, 1.54) is 24.6 Å². The Bertz CT molecular complexity index is 714. The number of thioether (sulfide) groups is 1. The molecule has 1 amide bonds. The van der Waals surface area contributed by atoms with Crippen LogP contribution in [0.15, 0.2) is 29.4 Å². The molecule has 23 heavy (non-hydrogen) atoms. The SMILES string of the molecule is C[C@@H](NC(=O)CSc1nnc(-c2ccccc2Cl)n1C)C1CC1. The van der Waals surface area contributed by atoms with E-state index < -0.39 is 0 Å². The van der Waals surface area contributed by atoms with Gasteiger partial charge < -0.3 is 9.88 Å². The predicted octanol–water partition coefficient (Wildman–Crippen LogP) is 3.14. The van der Waals surface area contributed by atoms with Gasteiger partial charge >= 0.3 is 0 Å². The second-order valence-electron chi connectivity index (χ2n) is 5.83. The average Bonchev–Trinajstić information content (AvgIpc) is 3.31. The van der Waals surface area contributed by atoms with E-state index in [9.17, 15) is 4.79 Å². The summed E-state index contributed by atoms with van der Waals surface area (Å²) in [6.45, 7) is 2.07. The number of amides is 1. The minimum absolute atomic E-state index is 0.0386. The van der Waals surface area contributed by atoms with Crippen LogP contribution in [0, 0.1) is 5.92 Å². The van der Waals surface area contributed by atoms with Crippen LogP contribution >= 0.6 is 23.4 Å². The van der Waals surface area contributed by atoms with Crippen molar-refractivity contribution in [3.05, 3.63) is 29.3 Å². The van der Waals surface area contributed by atoms with Gasteiger partial charge in [0.15, 0.2) is 11.0 Å². The quantitative estimate of drug-likeness (QED) is 0.813. The van der Waals surface area contributed by atoms with Crippen molar-refractivity contribution >= 4 is 29.3 Å². The van der Waals surface area contributed by atoms with Crippen molar-refractivity contribution < 1.29 is 4.79 Å². The van der Waals surface area contributed by atoms with Crippen LogP contribution in [0.5, 0.6) is 0 Å². The third-order valence-corrected chi connectivity index (χ3v) is 5.35. The molecule has 1 saturated carbocycles. The molecule has 0 bridgehead atoms. The third-order valence-electron chi connectivity index (χ3n) is 4.00. The minimum atomic E-state index is 0.0386. The number of nitrogens with one attached hydrogen (secondary N) is 1. The van der Waals surface area contributed by atoms with Crippen molar-refractivity contribution in [2.45, 2.75) is 31.0 Å². The Kier molecular flexibility index (Phi) is 4.92. The van der Waals surface area contributed by atoms with Crippen LogP contribution in [0.1, 0.15) is 19.8 Å². The fourth-order valence-corrected chi connectivity index (χ4v) is 3.40. The normalized spacial score (nSPS) is 15.4. The van der Waals surface area contributed by atoms with Gasteiger partial charge in [-0.2, -0.15) is 0 Å². The summed E-state index contributed by atoms with van der Waals surface area (Å²) in [5.41, 5.74) is 0.836. The maximum Gasteiger partial charge on any atom is 0.230 e. The number of aromatic nitrogens is 3. The number of rotatable bonds is 6. The molecule has 1 fully saturated rings. The van der Waals surface area contributed by atoms with E-state index in [-0.39, 0.29) is 11.9 Å². The average molecular weight is 351 g/mol. The van der Waals surface area contributed by atoms with Crippen molar-refractivity contribution in [1.82, 2.24) is 20.1 Å². The molecule has 7 heteroatoms. The molecule has 1 aliphatic rings. The summed E-state index contributed by atoms with van der Waals surface area (Å²) in [5, 5.41) is 12.7. The van der Waals surface area contributed by atoms with Crippen LogP contribution in [0.3, 0.4) is 0 Å². The molecule has 0 saturated heterocycles. The van der Waals surface area contributed by atoms with Crippen LogP contribution in [0.2, 0.25) is 5.02 Å². The van der Waals surface area contributed by atoms with Crippen LogP contribution < -0.4 is 5.32 Å². The number of benzene rings is 1. The molecule has 1 aliphatic carbocycles. The highest BCUT2D eigenvalue weighted by Crippen LogP contribution is 2.32. The third kappa shape index (κ3) is 3.87. The van der Waals surface area contributed by atoms with Gasteiger partial charge in [-0.25, -0.2) is 0 Å². The molecule has 122 valence electrons. The van der Waals surface area contributed by atoms with Gasteiger partial charge in [0.25, 0.3) is 0 Å². The number of nitrogens with zero attached hydrogens (tertiary/aromatic N) is 3. The number of carbonyl (C=O) groups is 1. The topological polar surface area (TPSA) is 59.8 Å². The van der Waals surface area contributed by atoms with Crippen LogP contribution in [-0.2, 0) is 11.8 Å². The summed E-state index contributed by atoms with van der Waals surface area (Å²) in [6, 6.07) is 7.79. The van der Waals surface area contributed by atoms with E-state index in [1.54, 1.807) is 0 Å². The first-order chi connectivity index (χ1) is 11.1. The maximum absolute atomic E-state index is 12.0. The van der Waals surface area contributed by atoms with Crippen LogP contribution in [-0.4, -0.2) is 32.5 Å². The zero-order valence-electron chi connectivity index (χ0n) is 13.1. The van der Waals surface area contributed by atoms with Crippen molar-refractivity contribution in [3.8, 4) is 11.4 Å². The van der Waals surface area contributed by atoms with Gasteiger partial charge in [0.05, 0.1) is 10.8 Å². The second kappa shape index (κ2) is 6.93. The van der Waals surface area contributed by atoms with E-state index in [0.717, 1.165) is 5.56 Å². The number of halogens is 1. The van der Waals surface area contributed by atoms with E-state index >= 15 is 0 Å². The highest BCUT2D eigenvalue weighted by Gasteiger charge is 2.28. The van der Waals surface area contributed by atoms with Gasteiger partial charge in [0.2, 0.25) is 5.91 Å². The Balaban J connectivity index is 1.63. The van der Waals surface area contributed by atoms with Gasteiger partial charge in [0, 0.05) is 18.7 Å². The monoisotopic (exact) mass is 350 g/mol. The van der Waals surface area contributed by atoms with Gasteiger partial charge in [-0.1, -0.05) is 35.5 Å². The lowest BCUT2D eigenvalue weighted by Crippen LogP contribution is -2.35. The zero-order chi connectivity index (χ0) is 16.4. The van der Waals surface area contributed by atoms with E-state index in [1.807, 2.05) is 35.9 Å². The zero-order valence-corrected chi connectivity index (χ0v) is 14.7. The minimum Gasteiger partial charge on any atom is -0.353 e. The van der Waals surface area contributed by atoms with Gasteiger partial charge in [0.1, 0.15) is 0 Å². The molecular weight excluding hydrogens is 332 g/mol. The Morgan fingerprint density at radius 1 is 1.43 bits per heavy atom. The van der Waals surface area contributed by atoms with Crippen molar-refractivity contribution in [3.63, 3.8) is 0 Å². The molecule has 0 aliphatic heterocycles. The van der Waals surface area contributed by atoms with E-state index in [0.29, 0.717) is 27.7 Å². The van der Waals surface area contributed by atoms with Crippen LogP contribution in [0.4, 0.5) is 0 Å². The van der Waals surface area contributed by atoms with E-state index in [4.69, 9.17) is 11.6 Å². The molecule has 1 atom stereocenters. The lowest BCUT2D eigenvalue weighted by atomic mass is 10.2. The van der Waals surface area contributed by atoms with E-state index in [2.05, 4.69) is 22.4 Å². The molecule has 5 nitrogen and oxygen atoms in total. The Labute approximate surface area is 144 Å². The summed E-state index contributed by atoms with van der Waals surface area (Å²) < 4.78 is 1.86. The van der Waals surface area contributed by atoms with Crippen molar-refractivity contribution in [1.29, 1.82) is 0 Å². The molecule has 1 aromatic heterocycles. The summed E-state index contributed by atoms with van der Waals surface area (Å²) in [7, 11) is 1.88. The maximum atomic E-state index is 12.0. The molecule has 0 radical (unpaired) electrons. The summed E-state index contributed by atoms with van der Waals surface area (Å²) in [4.78, 5) is 12.0. The highest BCUT2D eigenvalue weighted by atomic mass is 35.5. The summed E-state index contributed by atoms with van der Waals surface area (Å²) in [5.74, 6) is 1.73. The summed E-state index contributed by atoms with van der Waals surface area (Å²) >= 11 is 7.59. The molecule has 0 unspecified atom stereocenters. The first-order valence-electron chi connectivity index (χ1n) is 7.62. The van der Waals surface area contributed by atoms with Crippen molar-refractivity contribution in [2.24, 2.45) is 13.0 Å². The Hall–Kier alpha value is -1.53. The largest absolute Gasteiger partial charge is 0.353 e. The number of hydrogen-bond donors (Lipinski definition) is 1.